The van der Waals surface area contributed by atoms with Gasteiger partial charge in [0.25, 0.3) is 5.69 Å². The van der Waals surface area contributed by atoms with E-state index >= 15 is 0 Å². The van der Waals surface area contributed by atoms with Crippen LogP contribution in [0.25, 0.3) is 0 Å². The minimum atomic E-state index is -0.438. The summed E-state index contributed by atoms with van der Waals surface area (Å²) in [5.41, 5.74) is 0.00738. The van der Waals surface area contributed by atoms with Crippen molar-refractivity contribution in [2.45, 2.75) is 16.3 Å². The molecule has 0 fully saturated rings. The van der Waals surface area contributed by atoms with Gasteiger partial charge in [-0.2, -0.15) is 4.37 Å². The number of anilines is 1. The lowest BCUT2D eigenvalue weighted by molar-refractivity contribution is -0.385. The molecule has 0 amide bonds. The quantitative estimate of drug-likeness (QED) is 0.665. The minimum absolute atomic E-state index is 0.00738. The number of nitrogens with one attached hydrogen (secondary N) is 1. The number of aromatic nitrogens is 3. The summed E-state index contributed by atoms with van der Waals surface area (Å²) in [4.78, 5) is 18.7. The maximum Gasteiger partial charge on any atom is 0.275 e. The molecule has 7 nitrogen and oxygen atoms in total. The smallest absolute Gasteiger partial charge is 0.275 e. The van der Waals surface area contributed by atoms with Crippen LogP contribution in [0.2, 0.25) is 0 Å². The van der Waals surface area contributed by atoms with E-state index in [9.17, 15) is 10.1 Å². The summed E-state index contributed by atoms with van der Waals surface area (Å²) in [6.07, 6.45) is 1.44. The zero-order valence-electron chi connectivity index (χ0n) is 9.36. The van der Waals surface area contributed by atoms with Gasteiger partial charge < -0.3 is 5.32 Å². The summed E-state index contributed by atoms with van der Waals surface area (Å²) in [7, 11) is 0. The highest BCUT2D eigenvalue weighted by Crippen LogP contribution is 2.30. The molecule has 0 aliphatic carbocycles. The molecule has 18 heavy (non-hydrogen) atoms. The summed E-state index contributed by atoms with van der Waals surface area (Å²) < 4.78 is 4.57. The Kier molecular flexibility index (Phi) is 4.05. The maximum absolute atomic E-state index is 10.8. The lowest BCUT2D eigenvalue weighted by Gasteiger charge is -2.04. The molecular formula is C9H9N5O2S2. The first-order valence-electron chi connectivity index (χ1n) is 5.04. The molecule has 2 aromatic rings. The van der Waals surface area contributed by atoms with Crippen molar-refractivity contribution in [2.75, 3.05) is 11.9 Å². The molecule has 0 saturated carbocycles. The highest BCUT2D eigenvalue weighted by Gasteiger charge is 2.12. The van der Waals surface area contributed by atoms with E-state index in [-0.39, 0.29) is 5.69 Å². The average molecular weight is 283 g/mol. The van der Waals surface area contributed by atoms with E-state index in [0.29, 0.717) is 21.7 Å². The van der Waals surface area contributed by atoms with Crippen molar-refractivity contribution in [1.29, 1.82) is 0 Å². The van der Waals surface area contributed by atoms with E-state index in [0.717, 1.165) is 0 Å². The van der Waals surface area contributed by atoms with Gasteiger partial charge in [-0.05, 0) is 30.2 Å². The monoisotopic (exact) mass is 283 g/mol. The van der Waals surface area contributed by atoms with Gasteiger partial charge in [0.2, 0.25) is 0 Å². The van der Waals surface area contributed by atoms with Crippen LogP contribution in [0.3, 0.4) is 0 Å². The first-order valence-corrected chi connectivity index (χ1v) is 6.63. The van der Waals surface area contributed by atoms with Crippen LogP contribution in [-0.2, 0) is 0 Å². The average Bonchev–Trinajstić information content (AvgIpc) is 2.82. The molecule has 9 heteroatoms. The molecule has 2 heterocycles. The van der Waals surface area contributed by atoms with Crippen molar-refractivity contribution in [3.05, 3.63) is 28.6 Å². The van der Waals surface area contributed by atoms with Crippen molar-refractivity contribution in [1.82, 2.24) is 14.3 Å². The van der Waals surface area contributed by atoms with Crippen LogP contribution in [0.4, 0.5) is 11.5 Å². The Labute approximate surface area is 111 Å². The Bertz CT molecular complexity index is 546. The van der Waals surface area contributed by atoms with Gasteiger partial charge in [-0.1, -0.05) is 0 Å². The molecule has 2 aromatic heterocycles. The Morgan fingerprint density at radius 2 is 2.39 bits per heavy atom. The van der Waals surface area contributed by atoms with E-state index in [1.54, 1.807) is 0 Å². The minimum Gasteiger partial charge on any atom is -0.370 e. The number of nitrogens with zero attached hydrogens (tertiary/aromatic N) is 4. The lowest BCUT2D eigenvalue weighted by Crippen LogP contribution is -2.01. The van der Waals surface area contributed by atoms with Crippen molar-refractivity contribution in [3.63, 3.8) is 0 Å². The lowest BCUT2D eigenvalue weighted by atomic mass is 10.4. The Hall–Kier alpha value is -1.74. The summed E-state index contributed by atoms with van der Waals surface area (Å²) in [5, 5.41) is 14.3. The Balaban J connectivity index is 2.30. The first-order chi connectivity index (χ1) is 8.69. The molecule has 0 aromatic carbocycles. The van der Waals surface area contributed by atoms with Gasteiger partial charge in [-0.25, -0.2) is 9.97 Å². The molecule has 0 saturated heterocycles. The van der Waals surface area contributed by atoms with Gasteiger partial charge in [0.1, 0.15) is 17.2 Å². The van der Waals surface area contributed by atoms with E-state index in [1.807, 2.05) is 6.92 Å². The highest BCUT2D eigenvalue weighted by molar-refractivity contribution is 8.00. The fourth-order valence-corrected chi connectivity index (χ4v) is 2.63. The molecule has 0 aliphatic rings. The van der Waals surface area contributed by atoms with Gasteiger partial charge in [-0.15, -0.1) is 0 Å². The Morgan fingerprint density at radius 1 is 1.56 bits per heavy atom. The summed E-state index contributed by atoms with van der Waals surface area (Å²) >= 11 is 2.48. The summed E-state index contributed by atoms with van der Waals surface area (Å²) in [6.45, 7) is 2.55. The second-order valence-corrected chi connectivity index (χ2v) is 5.19. The first kappa shape index (κ1) is 12.7. The molecule has 94 valence electrons. The summed E-state index contributed by atoms with van der Waals surface area (Å²) in [5.74, 6) is 0.485. The third-order valence-electron chi connectivity index (χ3n) is 1.89. The van der Waals surface area contributed by atoms with E-state index < -0.39 is 4.92 Å². The maximum atomic E-state index is 10.8. The third kappa shape index (κ3) is 3.14. The molecule has 2 rings (SSSR count). The fourth-order valence-electron chi connectivity index (χ4n) is 1.22. The second-order valence-electron chi connectivity index (χ2n) is 3.15. The third-order valence-corrected chi connectivity index (χ3v) is 3.52. The molecule has 1 N–H and O–H groups in total. The second kappa shape index (κ2) is 5.74. The number of nitro groups is 1. The number of rotatable bonds is 5. The zero-order chi connectivity index (χ0) is 13.0. The van der Waals surface area contributed by atoms with Crippen molar-refractivity contribution in [3.8, 4) is 0 Å². The van der Waals surface area contributed by atoms with Crippen LogP contribution < -0.4 is 5.32 Å². The molecule has 0 unspecified atom stereocenters. The highest BCUT2D eigenvalue weighted by atomic mass is 32.2. The number of hydrogen-bond donors (Lipinski definition) is 1. The van der Waals surface area contributed by atoms with Gasteiger partial charge in [0, 0.05) is 12.6 Å². The molecular weight excluding hydrogens is 274 g/mol. The van der Waals surface area contributed by atoms with Crippen LogP contribution in [0.1, 0.15) is 6.92 Å². The predicted octanol–water partition coefficient (Wildman–Crippen LogP) is 2.42. The van der Waals surface area contributed by atoms with Crippen LogP contribution >= 0.6 is 23.3 Å². The molecule has 0 bridgehead atoms. The number of hydrogen-bond acceptors (Lipinski definition) is 8. The largest absolute Gasteiger partial charge is 0.370 e. The van der Waals surface area contributed by atoms with Crippen molar-refractivity contribution in [2.24, 2.45) is 0 Å². The summed E-state index contributed by atoms with van der Waals surface area (Å²) in [6, 6.07) is 2.83. The molecule has 0 spiro atoms. The Morgan fingerprint density at radius 3 is 3.00 bits per heavy atom. The van der Waals surface area contributed by atoms with Crippen molar-refractivity contribution >= 4 is 34.8 Å². The molecule has 0 radical (unpaired) electrons. The SMILES string of the molecule is CCNc1cc([N+](=O)[O-])cc(Sc2ncns2)n1. The van der Waals surface area contributed by atoms with Crippen LogP contribution in [0.5, 0.6) is 0 Å². The fraction of sp³-hybridized carbons (Fsp3) is 0.222. The van der Waals surface area contributed by atoms with E-state index in [4.69, 9.17) is 0 Å². The standard InChI is InChI=1S/C9H9N5O2S2/c1-2-10-7-3-6(14(15)16)4-8(13-7)17-9-11-5-12-18-9/h3-5H,2H2,1H3,(H,10,13). The van der Waals surface area contributed by atoms with E-state index in [2.05, 4.69) is 19.7 Å². The van der Waals surface area contributed by atoms with Gasteiger partial charge in [0.05, 0.1) is 11.0 Å². The molecule has 0 aliphatic heterocycles. The van der Waals surface area contributed by atoms with E-state index in [1.165, 1.54) is 41.8 Å². The van der Waals surface area contributed by atoms with Crippen molar-refractivity contribution < 1.29 is 4.92 Å². The topological polar surface area (TPSA) is 93.8 Å². The normalized spacial score (nSPS) is 10.3. The van der Waals surface area contributed by atoms with Gasteiger partial charge in [0.15, 0.2) is 4.34 Å². The van der Waals surface area contributed by atoms with Crippen LogP contribution in [0, 0.1) is 10.1 Å². The zero-order valence-corrected chi connectivity index (χ0v) is 11.0. The van der Waals surface area contributed by atoms with Gasteiger partial charge >= 0.3 is 0 Å². The van der Waals surface area contributed by atoms with Crippen LogP contribution in [0.15, 0.2) is 27.8 Å². The van der Waals surface area contributed by atoms with Crippen LogP contribution in [-0.4, -0.2) is 25.8 Å². The predicted molar refractivity (Wildman–Crippen MR) is 69.1 cm³/mol. The van der Waals surface area contributed by atoms with Gasteiger partial charge in [-0.3, -0.25) is 10.1 Å². The number of pyridine rings is 1. The molecule has 0 atom stereocenters.